The number of aromatic amines is 1. The highest BCUT2D eigenvalue weighted by Crippen LogP contribution is 2.27. The number of anilines is 1. The van der Waals surface area contributed by atoms with Gasteiger partial charge in [0.05, 0.1) is 25.3 Å². The summed E-state index contributed by atoms with van der Waals surface area (Å²) in [6, 6.07) is 12.9. The van der Waals surface area contributed by atoms with E-state index in [2.05, 4.69) is 10.3 Å². The molecule has 23 heavy (non-hydrogen) atoms. The second kappa shape index (κ2) is 6.04. The molecule has 1 amide bonds. The zero-order chi connectivity index (χ0) is 16.4. The number of H-pyrrole nitrogens is 1. The highest BCUT2D eigenvalue weighted by atomic mass is 16.5. The summed E-state index contributed by atoms with van der Waals surface area (Å²) in [7, 11) is 3.21. The molecule has 1 aromatic heterocycles. The van der Waals surface area contributed by atoms with Crippen molar-refractivity contribution in [2.75, 3.05) is 19.5 Å². The number of amides is 1. The van der Waals surface area contributed by atoms with Crippen molar-refractivity contribution in [1.82, 2.24) is 4.98 Å². The first-order valence-electron chi connectivity index (χ1n) is 7.24. The second-order valence-electron chi connectivity index (χ2n) is 5.22. The number of aromatic nitrogens is 1. The fourth-order valence-corrected chi connectivity index (χ4v) is 2.63. The standard InChI is InChI=1S/C18H18N2O3/c1-11-17(15-8-7-14(23-3)10-16(15)19-11)18(21)20-12-5-4-6-13(9-12)22-2/h4-10,19H,1-3H3,(H,20,21). The maximum Gasteiger partial charge on any atom is 0.258 e. The molecule has 2 N–H and O–H groups in total. The molecule has 0 spiro atoms. The number of nitrogens with one attached hydrogen (secondary N) is 2. The number of carbonyl (C=O) groups is 1. The molecule has 0 saturated carbocycles. The summed E-state index contributed by atoms with van der Waals surface area (Å²) in [5.74, 6) is 1.29. The van der Waals surface area contributed by atoms with E-state index in [1.807, 2.05) is 43.3 Å². The fourth-order valence-electron chi connectivity index (χ4n) is 2.63. The lowest BCUT2D eigenvalue weighted by Crippen LogP contribution is -2.12. The van der Waals surface area contributed by atoms with Crippen LogP contribution in [0.3, 0.4) is 0 Å². The number of benzene rings is 2. The molecule has 0 saturated heterocycles. The van der Waals surface area contributed by atoms with E-state index in [1.165, 1.54) is 0 Å². The van der Waals surface area contributed by atoms with E-state index in [1.54, 1.807) is 20.3 Å². The van der Waals surface area contributed by atoms with Gasteiger partial charge in [0.2, 0.25) is 0 Å². The van der Waals surface area contributed by atoms with E-state index in [9.17, 15) is 4.79 Å². The molecular weight excluding hydrogens is 292 g/mol. The van der Waals surface area contributed by atoms with Gasteiger partial charge in [-0.15, -0.1) is 0 Å². The van der Waals surface area contributed by atoms with Gasteiger partial charge in [0.1, 0.15) is 11.5 Å². The predicted molar refractivity (Wildman–Crippen MR) is 90.5 cm³/mol. The molecule has 118 valence electrons. The molecule has 0 aliphatic heterocycles. The molecule has 0 bridgehead atoms. The number of hydrogen-bond donors (Lipinski definition) is 2. The Balaban J connectivity index is 1.95. The van der Waals surface area contributed by atoms with Crippen LogP contribution in [-0.2, 0) is 0 Å². The smallest absolute Gasteiger partial charge is 0.258 e. The van der Waals surface area contributed by atoms with Crippen LogP contribution >= 0.6 is 0 Å². The van der Waals surface area contributed by atoms with Crippen molar-refractivity contribution in [2.45, 2.75) is 6.92 Å². The number of aryl methyl sites for hydroxylation is 1. The third-order valence-corrected chi connectivity index (χ3v) is 3.75. The molecule has 0 aliphatic rings. The molecule has 5 heteroatoms. The number of fused-ring (bicyclic) bond motifs is 1. The van der Waals surface area contributed by atoms with Gasteiger partial charge in [-0.25, -0.2) is 0 Å². The minimum atomic E-state index is -0.160. The topological polar surface area (TPSA) is 63.3 Å². The lowest BCUT2D eigenvalue weighted by molar-refractivity contribution is 0.102. The van der Waals surface area contributed by atoms with Crippen molar-refractivity contribution >= 4 is 22.5 Å². The van der Waals surface area contributed by atoms with Gasteiger partial charge in [-0.05, 0) is 31.2 Å². The van der Waals surface area contributed by atoms with Gasteiger partial charge in [-0.2, -0.15) is 0 Å². The largest absolute Gasteiger partial charge is 0.497 e. The number of carbonyl (C=O) groups excluding carboxylic acids is 1. The van der Waals surface area contributed by atoms with E-state index < -0.39 is 0 Å². The van der Waals surface area contributed by atoms with Crippen molar-refractivity contribution in [3.8, 4) is 11.5 Å². The summed E-state index contributed by atoms with van der Waals surface area (Å²) in [5, 5.41) is 3.77. The number of rotatable bonds is 4. The second-order valence-corrected chi connectivity index (χ2v) is 5.22. The molecule has 0 aliphatic carbocycles. The van der Waals surface area contributed by atoms with Gasteiger partial charge in [-0.3, -0.25) is 4.79 Å². The van der Waals surface area contributed by atoms with Gasteiger partial charge in [0, 0.05) is 28.9 Å². The summed E-state index contributed by atoms with van der Waals surface area (Å²) in [6.45, 7) is 1.88. The third kappa shape index (κ3) is 2.85. The summed E-state index contributed by atoms with van der Waals surface area (Å²) in [5.41, 5.74) is 3.01. The SMILES string of the molecule is COc1cccc(NC(=O)c2c(C)[nH]c3cc(OC)ccc23)c1. The van der Waals surface area contributed by atoms with Crippen LogP contribution in [0.2, 0.25) is 0 Å². The van der Waals surface area contributed by atoms with E-state index in [-0.39, 0.29) is 5.91 Å². The first kappa shape index (κ1) is 15.0. The van der Waals surface area contributed by atoms with Crippen LogP contribution in [-0.4, -0.2) is 25.1 Å². The van der Waals surface area contributed by atoms with E-state index in [0.29, 0.717) is 17.0 Å². The maximum atomic E-state index is 12.7. The van der Waals surface area contributed by atoms with Crippen LogP contribution in [0.25, 0.3) is 10.9 Å². The number of ether oxygens (including phenoxy) is 2. The van der Waals surface area contributed by atoms with Crippen molar-refractivity contribution in [2.24, 2.45) is 0 Å². The summed E-state index contributed by atoms with van der Waals surface area (Å²) in [4.78, 5) is 15.9. The van der Waals surface area contributed by atoms with Crippen LogP contribution < -0.4 is 14.8 Å². The lowest BCUT2D eigenvalue weighted by Gasteiger charge is -2.07. The molecule has 3 rings (SSSR count). The third-order valence-electron chi connectivity index (χ3n) is 3.75. The highest BCUT2D eigenvalue weighted by molar-refractivity contribution is 6.14. The van der Waals surface area contributed by atoms with Gasteiger partial charge in [-0.1, -0.05) is 6.07 Å². The Morgan fingerprint density at radius 1 is 1.04 bits per heavy atom. The summed E-state index contributed by atoms with van der Waals surface area (Å²) < 4.78 is 10.4. The fraction of sp³-hybridized carbons (Fsp3) is 0.167. The quantitative estimate of drug-likeness (QED) is 0.771. The van der Waals surface area contributed by atoms with Gasteiger partial charge < -0.3 is 19.8 Å². The molecule has 0 radical (unpaired) electrons. The molecule has 5 nitrogen and oxygen atoms in total. The van der Waals surface area contributed by atoms with Crippen molar-refractivity contribution in [3.05, 3.63) is 53.7 Å². The minimum absolute atomic E-state index is 0.160. The highest BCUT2D eigenvalue weighted by Gasteiger charge is 2.16. The molecule has 0 atom stereocenters. The average molecular weight is 310 g/mol. The van der Waals surface area contributed by atoms with Crippen LogP contribution in [0.15, 0.2) is 42.5 Å². The lowest BCUT2D eigenvalue weighted by atomic mass is 10.1. The number of methoxy groups -OCH3 is 2. The van der Waals surface area contributed by atoms with Crippen LogP contribution in [0.4, 0.5) is 5.69 Å². The maximum absolute atomic E-state index is 12.7. The van der Waals surface area contributed by atoms with Gasteiger partial charge in [0.15, 0.2) is 0 Å². The summed E-state index contributed by atoms with van der Waals surface area (Å²) >= 11 is 0. The Morgan fingerprint density at radius 3 is 2.52 bits per heavy atom. The average Bonchev–Trinajstić information content (AvgIpc) is 2.89. The van der Waals surface area contributed by atoms with Crippen LogP contribution in [0.1, 0.15) is 16.1 Å². The van der Waals surface area contributed by atoms with Crippen molar-refractivity contribution in [1.29, 1.82) is 0 Å². The molecule has 3 aromatic rings. The Kier molecular flexibility index (Phi) is 3.93. The van der Waals surface area contributed by atoms with Crippen LogP contribution in [0, 0.1) is 6.92 Å². The van der Waals surface area contributed by atoms with Gasteiger partial charge >= 0.3 is 0 Å². The Bertz CT molecular complexity index is 868. The molecular formula is C18H18N2O3. The van der Waals surface area contributed by atoms with Crippen LogP contribution in [0.5, 0.6) is 11.5 Å². The van der Waals surface area contributed by atoms with Crippen molar-refractivity contribution in [3.63, 3.8) is 0 Å². The molecule has 0 unspecified atom stereocenters. The molecule has 2 aromatic carbocycles. The van der Waals surface area contributed by atoms with Gasteiger partial charge in [0.25, 0.3) is 5.91 Å². The monoisotopic (exact) mass is 310 g/mol. The van der Waals surface area contributed by atoms with E-state index in [4.69, 9.17) is 9.47 Å². The molecule has 0 fully saturated rings. The van der Waals surface area contributed by atoms with E-state index in [0.717, 1.165) is 22.3 Å². The number of hydrogen-bond acceptors (Lipinski definition) is 3. The van der Waals surface area contributed by atoms with E-state index >= 15 is 0 Å². The Hall–Kier alpha value is -2.95. The Labute approximate surface area is 134 Å². The first-order valence-corrected chi connectivity index (χ1v) is 7.24. The molecule has 1 heterocycles. The normalized spacial score (nSPS) is 10.6. The summed E-state index contributed by atoms with van der Waals surface area (Å²) in [6.07, 6.45) is 0. The Morgan fingerprint density at radius 2 is 1.78 bits per heavy atom. The zero-order valence-corrected chi connectivity index (χ0v) is 13.3. The first-order chi connectivity index (χ1) is 11.1. The predicted octanol–water partition coefficient (Wildman–Crippen LogP) is 3.75. The zero-order valence-electron chi connectivity index (χ0n) is 13.3. The van der Waals surface area contributed by atoms with Crippen molar-refractivity contribution < 1.29 is 14.3 Å². The minimum Gasteiger partial charge on any atom is -0.497 e.